The Hall–Kier alpha value is -2.33. The fraction of sp³-hybridized carbons (Fsp3) is 0.462. The number of carbonyl (C=O) groups excluding carboxylic acids is 2. The van der Waals surface area contributed by atoms with Gasteiger partial charge in [-0.2, -0.15) is 0 Å². The molecule has 4 nitrogen and oxygen atoms in total. The highest BCUT2D eigenvalue weighted by Crippen LogP contribution is 2.18. The van der Waals surface area contributed by atoms with Crippen molar-refractivity contribution in [2.24, 2.45) is 0 Å². The Morgan fingerprint density at radius 2 is 1.65 bits per heavy atom. The van der Waals surface area contributed by atoms with Crippen molar-refractivity contribution in [1.82, 2.24) is 10.2 Å². The summed E-state index contributed by atoms with van der Waals surface area (Å²) in [5, 5.41) is 3.60. The highest BCUT2D eigenvalue weighted by atomic mass is 35.5. The summed E-state index contributed by atoms with van der Waals surface area (Å²) in [5.74, 6) is 0.264. The summed E-state index contributed by atoms with van der Waals surface area (Å²) in [6, 6.07) is 15.2. The van der Waals surface area contributed by atoms with E-state index >= 15 is 0 Å². The van der Waals surface area contributed by atoms with Gasteiger partial charge in [0.05, 0.1) is 0 Å². The van der Waals surface area contributed by atoms with Crippen molar-refractivity contribution in [2.75, 3.05) is 0 Å². The van der Waals surface area contributed by atoms with Crippen LogP contribution in [0.1, 0.15) is 70.6 Å². The number of nitrogens with one attached hydrogen (secondary N) is 1. The summed E-state index contributed by atoms with van der Waals surface area (Å²) in [7, 11) is 0. The minimum Gasteiger partial charge on any atom is -0.350 e. The van der Waals surface area contributed by atoms with E-state index in [4.69, 9.17) is 11.6 Å². The maximum absolute atomic E-state index is 13.2. The van der Waals surface area contributed by atoms with Gasteiger partial charge in [-0.1, -0.05) is 61.8 Å². The van der Waals surface area contributed by atoms with Crippen LogP contribution < -0.4 is 5.32 Å². The predicted octanol–water partition coefficient (Wildman–Crippen LogP) is 5.73. The Balaban J connectivity index is 2.15. The molecule has 0 aliphatic heterocycles. The summed E-state index contributed by atoms with van der Waals surface area (Å²) < 4.78 is 0. The summed E-state index contributed by atoms with van der Waals surface area (Å²) in [6.07, 6.45) is 0.978. The molecule has 5 heteroatoms. The Bertz CT molecular complexity index is 885. The first kappa shape index (κ1) is 24.9. The van der Waals surface area contributed by atoms with Crippen molar-refractivity contribution in [3.05, 3.63) is 70.2 Å². The number of halogens is 1. The zero-order valence-electron chi connectivity index (χ0n) is 19.5. The molecule has 1 N–H and O–H groups in total. The molecule has 0 unspecified atom stereocenters. The highest BCUT2D eigenvalue weighted by molar-refractivity contribution is 6.30. The standard InChI is InChI=1S/C26H35ClN2O2/c1-18(2)22-13-10-20(11-14-22)12-15-24(30)29(17-21-8-7-9-23(27)16-21)19(3)25(31)28-26(4,5)6/h7-11,13-14,16,18-19H,12,15,17H2,1-6H3,(H,28,31)/t19-/m1/s1. The molecule has 2 amide bonds. The molecule has 0 radical (unpaired) electrons. The van der Waals surface area contributed by atoms with E-state index in [9.17, 15) is 9.59 Å². The first-order valence-electron chi connectivity index (χ1n) is 10.9. The normalized spacial score (nSPS) is 12.5. The fourth-order valence-corrected chi connectivity index (χ4v) is 3.57. The number of nitrogens with zero attached hydrogens (tertiary/aromatic N) is 1. The maximum Gasteiger partial charge on any atom is 0.242 e. The third-order valence-corrected chi connectivity index (χ3v) is 5.42. The Morgan fingerprint density at radius 1 is 1.00 bits per heavy atom. The second kappa shape index (κ2) is 10.8. The number of rotatable bonds is 8. The van der Waals surface area contributed by atoms with Crippen LogP contribution in [-0.2, 0) is 22.6 Å². The van der Waals surface area contributed by atoms with Crippen LogP contribution in [0, 0.1) is 0 Å². The zero-order valence-corrected chi connectivity index (χ0v) is 20.3. The van der Waals surface area contributed by atoms with Gasteiger partial charge in [-0.25, -0.2) is 0 Å². The molecule has 0 heterocycles. The number of carbonyl (C=O) groups is 2. The summed E-state index contributed by atoms with van der Waals surface area (Å²) >= 11 is 6.13. The van der Waals surface area contributed by atoms with Crippen molar-refractivity contribution < 1.29 is 9.59 Å². The molecule has 2 aromatic rings. The van der Waals surface area contributed by atoms with E-state index in [0.29, 0.717) is 30.3 Å². The van der Waals surface area contributed by atoms with Gasteiger partial charge in [-0.05, 0) is 68.9 Å². The van der Waals surface area contributed by atoms with E-state index in [1.165, 1.54) is 5.56 Å². The van der Waals surface area contributed by atoms with Gasteiger partial charge in [-0.3, -0.25) is 9.59 Å². The summed E-state index contributed by atoms with van der Waals surface area (Å²) in [4.78, 5) is 27.7. The predicted molar refractivity (Wildman–Crippen MR) is 128 cm³/mol. The van der Waals surface area contributed by atoms with E-state index in [2.05, 4.69) is 43.4 Å². The lowest BCUT2D eigenvalue weighted by Crippen LogP contribution is -2.52. The second-order valence-corrected chi connectivity index (χ2v) is 9.90. The lowest BCUT2D eigenvalue weighted by atomic mass is 10.00. The second-order valence-electron chi connectivity index (χ2n) is 9.46. The molecular formula is C26H35ClN2O2. The highest BCUT2D eigenvalue weighted by Gasteiger charge is 2.28. The smallest absolute Gasteiger partial charge is 0.242 e. The van der Waals surface area contributed by atoms with Gasteiger partial charge in [0.1, 0.15) is 6.04 Å². The minimum absolute atomic E-state index is 0.0514. The molecule has 0 aliphatic carbocycles. The third kappa shape index (κ3) is 8.02. The summed E-state index contributed by atoms with van der Waals surface area (Å²) in [6.45, 7) is 12.2. The van der Waals surface area contributed by atoms with Crippen molar-refractivity contribution in [3.8, 4) is 0 Å². The lowest BCUT2D eigenvalue weighted by molar-refractivity contribution is -0.141. The van der Waals surface area contributed by atoms with Crippen LogP contribution >= 0.6 is 11.6 Å². The number of amides is 2. The molecule has 0 fully saturated rings. The molecule has 0 spiro atoms. The van der Waals surface area contributed by atoms with Gasteiger partial charge >= 0.3 is 0 Å². The zero-order chi connectivity index (χ0) is 23.2. The number of aryl methyl sites for hydroxylation is 1. The molecule has 2 aromatic carbocycles. The average molecular weight is 443 g/mol. The number of benzene rings is 2. The van der Waals surface area contributed by atoms with Crippen LogP contribution in [0.25, 0.3) is 0 Å². The minimum atomic E-state index is -0.589. The number of hydrogen-bond donors (Lipinski definition) is 1. The Labute approximate surface area is 192 Å². The monoisotopic (exact) mass is 442 g/mol. The van der Waals surface area contributed by atoms with Gasteiger partial charge in [0.15, 0.2) is 0 Å². The van der Waals surface area contributed by atoms with Gasteiger partial charge in [0.2, 0.25) is 11.8 Å². The van der Waals surface area contributed by atoms with Crippen LogP contribution in [0.5, 0.6) is 0 Å². The van der Waals surface area contributed by atoms with E-state index < -0.39 is 6.04 Å². The van der Waals surface area contributed by atoms with Gasteiger partial charge in [0, 0.05) is 23.5 Å². The molecule has 0 saturated heterocycles. The lowest BCUT2D eigenvalue weighted by Gasteiger charge is -2.31. The van der Waals surface area contributed by atoms with E-state index in [1.807, 2.05) is 39.0 Å². The van der Waals surface area contributed by atoms with Crippen molar-refractivity contribution in [2.45, 2.75) is 78.4 Å². The van der Waals surface area contributed by atoms with Gasteiger partial charge in [-0.15, -0.1) is 0 Å². The molecular weight excluding hydrogens is 408 g/mol. The van der Waals surface area contributed by atoms with Crippen molar-refractivity contribution in [1.29, 1.82) is 0 Å². The van der Waals surface area contributed by atoms with Gasteiger partial charge < -0.3 is 10.2 Å². The molecule has 2 rings (SSSR count). The van der Waals surface area contributed by atoms with Crippen molar-refractivity contribution in [3.63, 3.8) is 0 Å². The molecule has 1 atom stereocenters. The maximum atomic E-state index is 13.2. The van der Waals surface area contributed by atoms with Crippen LogP contribution in [-0.4, -0.2) is 28.3 Å². The first-order valence-corrected chi connectivity index (χ1v) is 11.3. The van der Waals surface area contributed by atoms with Crippen LogP contribution in [0.15, 0.2) is 48.5 Å². The fourth-order valence-electron chi connectivity index (χ4n) is 3.35. The quantitative estimate of drug-likeness (QED) is 0.567. The van der Waals surface area contributed by atoms with E-state index in [0.717, 1.165) is 11.1 Å². The Kier molecular flexibility index (Phi) is 8.69. The molecule has 0 aromatic heterocycles. The molecule has 0 bridgehead atoms. The first-order chi connectivity index (χ1) is 14.5. The third-order valence-electron chi connectivity index (χ3n) is 5.18. The summed E-state index contributed by atoms with van der Waals surface area (Å²) in [5.41, 5.74) is 2.93. The number of hydrogen-bond acceptors (Lipinski definition) is 2. The molecule has 168 valence electrons. The van der Waals surface area contributed by atoms with E-state index in [-0.39, 0.29) is 17.4 Å². The largest absolute Gasteiger partial charge is 0.350 e. The molecule has 0 aliphatic rings. The van der Waals surface area contributed by atoms with Crippen LogP contribution in [0.3, 0.4) is 0 Å². The average Bonchev–Trinajstić information content (AvgIpc) is 2.68. The van der Waals surface area contributed by atoms with Crippen LogP contribution in [0.2, 0.25) is 5.02 Å². The molecule has 0 saturated carbocycles. The van der Waals surface area contributed by atoms with E-state index in [1.54, 1.807) is 17.9 Å². The topological polar surface area (TPSA) is 49.4 Å². The van der Waals surface area contributed by atoms with Crippen molar-refractivity contribution >= 4 is 23.4 Å². The van der Waals surface area contributed by atoms with Crippen LogP contribution in [0.4, 0.5) is 0 Å². The Morgan fingerprint density at radius 3 is 2.19 bits per heavy atom. The van der Waals surface area contributed by atoms with Gasteiger partial charge in [0.25, 0.3) is 0 Å². The SMILES string of the molecule is CC(C)c1ccc(CCC(=O)N(Cc2cccc(Cl)c2)[C@H](C)C(=O)NC(C)(C)C)cc1. The molecule has 31 heavy (non-hydrogen) atoms.